The molecule has 0 aliphatic rings. The molecular weight excluding hydrogens is 400 g/mol. The molecule has 0 atom stereocenters. The first-order chi connectivity index (χ1) is 15.4. The average Bonchev–Trinajstić information content (AvgIpc) is 3.40. The summed E-state index contributed by atoms with van der Waals surface area (Å²) >= 11 is 1.61. The Morgan fingerprint density at radius 1 is 0.484 bits per heavy atom. The summed E-state index contributed by atoms with van der Waals surface area (Å²) in [4.78, 5) is 10.0. The minimum absolute atomic E-state index is 0.936. The van der Waals surface area contributed by atoms with Gasteiger partial charge < -0.3 is 0 Å². The van der Waals surface area contributed by atoms with Crippen LogP contribution in [0.3, 0.4) is 0 Å². The smallest absolute Gasteiger partial charge is 0.145 e. The number of pyridine rings is 2. The SMILES string of the molecule is c1ccc(-c2nc(Sc3nc(-c4ccccc4)n4ccccc34)c3ccccn23)cc1. The van der Waals surface area contributed by atoms with Crippen molar-refractivity contribution in [2.45, 2.75) is 10.1 Å². The molecule has 0 N–H and O–H groups in total. The van der Waals surface area contributed by atoms with Gasteiger partial charge in [0.25, 0.3) is 0 Å². The Balaban J connectivity index is 1.51. The van der Waals surface area contributed by atoms with Crippen LogP contribution in [0.4, 0.5) is 0 Å². The predicted molar refractivity (Wildman–Crippen MR) is 125 cm³/mol. The van der Waals surface area contributed by atoms with Crippen molar-refractivity contribution in [3.8, 4) is 22.8 Å². The lowest BCUT2D eigenvalue weighted by Crippen LogP contribution is -1.87. The number of fused-ring (bicyclic) bond motifs is 2. The number of hydrogen-bond donors (Lipinski definition) is 0. The number of aromatic nitrogens is 4. The van der Waals surface area contributed by atoms with Crippen LogP contribution < -0.4 is 0 Å². The third kappa shape index (κ3) is 3.10. The van der Waals surface area contributed by atoms with Crippen molar-refractivity contribution >= 4 is 22.8 Å². The molecule has 5 heteroatoms. The molecule has 0 saturated carbocycles. The first-order valence-corrected chi connectivity index (χ1v) is 10.9. The Kier molecular flexibility index (Phi) is 4.32. The minimum Gasteiger partial charge on any atom is -0.299 e. The second kappa shape index (κ2) is 7.45. The summed E-state index contributed by atoms with van der Waals surface area (Å²) in [6, 6.07) is 33.0. The van der Waals surface area contributed by atoms with E-state index in [9.17, 15) is 0 Å². The van der Waals surface area contributed by atoms with Gasteiger partial charge in [-0.2, -0.15) is 0 Å². The summed E-state index contributed by atoms with van der Waals surface area (Å²) in [6.07, 6.45) is 4.13. The molecule has 0 saturated heterocycles. The van der Waals surface area contributed by atoms with E-state index in [4.69, 9.17) is 9.97 Å². The van der Waals surface area contributed by atoms with E-state index in [0.29, 0.717) is 0 Å². The van der Waals surface area contributed by atoms with E-state index in [2.05, 4.69) is 69.7 Å². The molecular formula is C26H18N4S. The fourth-order valence-corrected chi connectivity index (χ4v) is 4.83. The zero-order valence-electron chi connectivity index (χ0n) is 16.6. The summed E-state index contributed by atoms with van der Waals surface area (Å²) in [5.74, 6) is 1.87. The first-order valence-electron chi connectivity index (χ1n) is 10.1. The fourth-order valence-electron chi connectivity index (χ4n) is 3.84. The van der Waals surface area contributed by atoms with E-state index in [1.54, 1.807) is 11.8 Å². The topological polar surface area (TPSA) is 34.6 Å². The molecule has 0 radical (unpaired) electrons. The van der Waals surface area contributed by atoms with Gasteiger partial charge in [-0.3, -0.25) is 8.80 Å². The highest BCUT2D eigenvalue weighted by Gasteiger charge is 2.18. The van der Waals surface area contributed by atoms with E-state index < -0.39 is 0 Å². The zero-order valence-corrected chi connectivity index (χ0v) is 17.4. The van der Waals surface area contributed by atoms with E-state index in [-0.39, 0.29) is 0 Å². The molecule has 4 aromatic heterocycles. The Morgan fingerprint density at radius 2 is 0.903 bits per heavy atom. The highest BCUT2D eigenvalue weighted by molar-refractivity contribution is 7.99. The second-order valence-electron chi connectivity index (χ2n) is 7.23. The largest absolute Gasteiger partial charge is 0.299 e. The highest BCUT2D eigenvalue weighted by Crippen LogP contribution is 2.37. The zero-order chi connectivity index (χ0) is 20.6. The second-order valence-corrected chi connectivity index (χ2v) is 8.20. The van der Waals surface area contributed by atoms with Crippen molar-refractivity contribution in [2.24, 2.45) is 0 Å². The van der Waals surface area contributed by atoms with Crippen LogP contribution in [0.25, 0.3) is 33.8 Å². The van der Waals surface area contributed by atoms with Gasteiger partial charge in [0.15, 0.2) is 0 Å². The first kappa shape index (κ1) is 18.0. The Labute approximate surface area is 183 Å². The molecule has 0 aliphatic carbocycles. The molecule has 0 aliphatic heterocycles. The molecule has 0 bridgehead atoms. The van der Waals surface area contributed by atoms with Crippen molar-refractivity contribution in [3.63, 3.8) is 0 Å². The van der Waals surface area contributed by atoms with Crippen LogP contribution in [0.5, 0.6) is 0 Å². The van der Waals surface area contributed by atoms with E-state index in [1.165, 1.54) is 0 Å². The maximum Gasteiger partial charge on any atom is 0.145 e. The van der Waals surface area contributed by atoms with E-state index in [1.807, 2.05) is 48.5 Å². The number of imidazole rings is 2. The monoisotopic (exact) mass is 418 g/mol. The van der Waals surface area contributed by atoms with Gasteiger partial charge in [0.05, 0.1) is 11.0 Å². The molecule has 148 valence electrons. The maximum atomic E-state index is 5.02. The normalized spacial score (nSPS) is 11.4. The lowest BCUT2D eigenvalue weighted by Gasteiger charge is -2.00. The van der Waals surface area contributed by atoms with Crippen LogP contribution >= 0.6 is 11.8 Å². The number of benzene rings is 2. The van der Waals surface area contributed by atoms with Crippen LogP contribution in [0.1, 0.15) is 0 Å². The standard InChI is InChI=1S/C26H18N4S/c1-3-11-19(12-4-1)23-27-25(21-15-7-9-17-29(21)23)31-26-22-16-8-10-18-30(22)24(28-26)20-13-5-2-6-14-20/h1-18H. The number of rotatable bonds is 4. The molecule has 0 amide bonds. The van der Waals surface area contributed by atoms with Crippen molar-refractivity contribution < 1.29 is 0 Å². The molecule has 4 heterocycles. The molecule has 31 heavy (non-hydrogen) atoms. The van der Waals surface area contributed by atoms with Gasteiger partial charge in [-0.15, -0.1) is 0 Å². The average molecular weight is 419 g/mol. The Hall–Kier alpha value is -3.83. The van der Waals surface area contributed by atoms with Gasteiger partial charge >= 0.3 is 0 Å². The lowest BCUT2D eigenvalue weighted by molar-refractivity contribution is 1.14. The Bertz CT molecular complexity index is 1390. The van der Waals surface area contributed by atoms with Crippen LogP contribution in [-0.2, 0) is 0 Å². The van der Waals surface area contributed by atoms with Crippen molar-refractivity contribution in [2.75, 3.05) is 0 Å². The number of nitrogens with zero attached hydrogens (tertiary/aromatic N) is 4. The molecule has 4 nitrogen and oxygen atoms in total. The quantitative estimate of drug-likeness (QED) is 0.329. The molecule has 0 spiro atoms. The molecule has 2 aromatic carbocycles. The van der Waals surface area contributed by atoms with E-state index >= 15 is 0 Å². The fraction of sp³-hybridized carbons (Fsp3) is 0. The lowest BCUT2D eigenvalue weighted by atomic mass is 10.2. The van der Waals surface area contributed by atoms with Gasteiger partial charge in [0.1, 0.15) is 21.7 Å². The predicted octanol–water partition coefficient (Wildman–Crippen LogP) is 6.47. The molecule has 6 aromatic rings. The van der Waals surface area contributed by atoms with Crippen molar-refractivity contribution in [3.05, 3.63) is 109 Å². The van der Waals surface area contributed by atoms with Crippen LogP contribution in [0.15, 0.2) is 120 Å². The van der Waals surface area contributed by atoms with Gasteiger partial charge in [0, 0.05) is 23.5 Å². The summed E-state index contributed by atoms with van der Waals surface area (Å²) in [7, 11) is 0. The van der Waals surface area contributed by atoms with Crippen LogP contribution in [0.2, 0.25) is 0 Å². The summed E-state index contributed by atoms with van der Waals surface area (Å²) in [6.45, 7) is 0. The Morgan fingerprint density at radius 3 is 1.35 bits per heavy atom. The van der Waals surface area contributed by atoms with Crippen LogP contribution in [-0.4, -0.2) is 18.8 Å². The molecule has 0 fully saturated rings. The van der Waals surface area contributed by atoms with Gasteiger partial charge in [-0.1, -0.05) is 72.8 Å². The molecule has 6 rings (SSSR count). The summed E-state index contributed by atoms with van der Waals surface area (Å²) in [5.41, 5.74) is 4.33. The van der Waals surface area contributed by atoms with Gasteiger partial charge in [-0.05, 0) is 36.0 Å². The van der Waals surface area contributed by atoms with Gasteiger partial charge in [0.2, 0.25) is 0 Å². The number of hydrogen-bond acceptors (Lipinski definition) is 3. The highest BCUT2D eigenvalue weighted by atomic mass is 32.2. The minimum atomic E-state index is 0.936. The van der Waals surface area contributed by atoms with E-state index in [0.717, 1.165) is 43.9 Å². The third-order valence-corrected chi connectivity index (χ3v) is 6.27. The molecule has 0 unspecified atom stereocenters. The summed E-state index contributed by atoms with van der Waals surface area (Å²) in [5, 5.41) is 1.89. The maximum absolute atomic E-state index is 5.02. The van der Waals surface area contributed by atoms with Crippen LogP contribution in [0, 0.1) is 0 Å². The van der Waals surface area contributed by atoms with Crippen molar-refractivity contribution in [1.82, 2.24) is 18.8 Å². The van der Waals surface area contributed by atoms with Gasteiger partial charge in [-0.25, -0.2) is 9.97 Å². The summed E-state index contributed by atoms with van der Waals surface area (Å²) < 4.78 is 4.29. The third-order valence-electron chi connectivity index (χ3n) is 5.29. The van der Waals surface area contributed by atoms with Crippen molar-refractivity contribution in [1.29, 1.82) is 0 Å².